The number of carbonyl (C=O) groups is 1. The number of halogens is 1. The standard InChI is InChI=1S/C23H28N4O4S2.ClH/c1-17-5-4-6-20-21(17)24-23(32-20)27(12-11-25(2)3)22(28)18-7-9-19(10-8-18)33(29,30)26-13-15-31-16-14-26;/h4-10H,11-16H2,1-3H3;1H. The van der Waals surface area contributed by atoms with Gasteiger partial charge < -0.3 is 9.64 Å². The Balaban J connectivity index is 0.00000324. The van der Waals surface area contributed by atoms with E-state index in [1.165, 1.54) is 27.8 Å². The molecule has 2 heterocycles. The monoisotopic (exact) mass is 524 g/mol. The van der Waals surface area contributed by atoms with Crippen LogP contribution in [0.1, 0.15) is 15.9 Å². The van der Waals surface area contributed by atoms with Crippen molar-refractivity contribution >= 4 is 55.0 Å². The quantitative estimate of drug-likeness (QED) is 0.472. The van der Waals surface area contributed by atoms with Gasteiger partial charge in [-0.2, -0.15) is 4.31 Å². The summed E-state index contributed by atoms with van der Waals surface area (Å²) in [5.74, 6) is -0.205. The second kappa shape index (κ2) is 11.1. The summed E-state index contributed by atoms with van der Waals surface area (Å²) in [5.41, 5.74) is 2.38. The number of morpholine rings is 1. The van der Waals surface area contributed by atoms with Crippen LogP contribution in [0.5, 0.6) is 0 Å². The van der Waals surface area contributed by atoms with Gasteiger partial charge >= 0.3 is 0 Å². The molecule has 2 aromatic carbocycles. The van der Waals surface area contributed by atoms with E-state index in [0.717, 1.165) is 15.8 Å². The molecular formula is C23H29ClN4O4S2. The number of likely N-dealkylation sites (N-methyl/N-ethyl adjacent to an activating group) is 1. The Morgan fingerprint density at radius 3 is 2.38 bits per heavy atom. The van der Waals surface area contributed by atoms with Crippen LogP contribution in [0.15, 0.2) is 47.4 Å². The van der Waals surface area contributed by atoms with Crippen molar-refractivity contribution in [2.45, 2.75) is 11.8 Å². The first-order valence-corrected chi connectivity index (χ1v) is 13.0. The van der Waals surface area contributed by atoms with Gasteiger partial charge in [-0.3, -0.25) is 9.69 Å². The molecule has 3 aromatic rings. The molecule has 1 fully saturated rings. The van der Waals surface area contributed by atoms with Crippen molar-refractivity contribution in [3.8, 4) is 0 Å². The van der Waals surface area contributed by atoms with Gasteiger partial charge in [0.1, 0.15) is 0 Å². The van der Waals surface area contributed by atoms with E-state index >= 15 is 0 Å². The highest BCUT2D eigenvalue weighted by atomic mass is 35.5. The van der Waals surface area contributed by atoms with Crippen LogP contribution < -0.4 is 4.90 Å². The SMILES string of the molecule is Cc1cccc2sc(N(CCN(C)C)C(=O)c3ccc(S(=O)(=O)N4CCOCC4)cc3)nc12.Cl. The van der Waals surface area contributed by atoms with Crippen LogP contribution in [0.3, 0.4) is 0 Å². The predicted molar refractivity (Wildman–Crippen MR) is 138 cm³/mol. The third kappa shape index (κ3) is 5.59. The Bertz CT molecular complexity index is 1240. The van der Waals surface area contributed by atoms with E-state index in [9.17, 15) is 13.2 Å². The molecule has 1 aliphatic rings. The molecule has 4 rings (SSSR count). The summed E-state index contributed by atoms with van der Waals surface area (Å²) in [6.45, 7) is 4.58. The lowest BCUT2D eigenvalue weighted by Gasteiger charge is -2.26. The molecule has 0 aliphatic carbocycles. The lowest BCUT2D eigenvalue weighted by molar-refractivity contribution is 0.0730. The minimum absolute atomic E-state index is 0. The summed E-state index contributed by atoms with van der Waals surface area (Å²) in [4.78, 5) is 22.1. The number of fused-ring (bicyclic) bond motifs is 1. The highest BCUT2D eigenvalue weighted by molar-refractivity contribution is 7.89. The number of carbonyl (C=O) groups excluding carboxylic acids is 1. The van der Waals surface area contributed by atoms with Gasteiger partial charge in [-0.15, -0.1) is 12.4 Å². The molecule has 0 atom stereocenters. The second-order valence-electron chi connectivity index (χ2n) is 8.22. The molecule has 0 saturated carbocycles. The highest BCUT2D eigenvalue weighted by Gasteiger charge is 2.27. The number of sulfonamides is 1. The maximum absolute atomic E-state index is 13.5. The first kappa shape index (κ1) is 26.5. The van der Waals surface area contributed by atoms with Crippen LogP contribution in [-0.4, -0.2) is 82.0 Å². The fourth-order valence-electron chi connectivity index (χ4n) is 3.64. The van der Waals surface area contributed by atoms with E-state index in [0.29, 0.717) is 50.1 Å². The van der Waals surface area contributed by atoms with Gasteiger partial charge in [-0.05, 0) is 56.9 Å². The summed E-state index contributed by atoms with van der Waals surface area (Å²) in [5, 5.41) is 0.635. The number of aryl methyl sites for hydroxylation is 1. The molecular weight excluding hydrogens is 496 g/mol. The first-order chi connectivity index (χ1) is 15.8. The number of nitrogens with zero attached hydrogens (tertiary/aromatic N) is 4. The zero-order valence-corrected chi connectivity index (χ0v) is 21.9. The minimum atomic E-state index is -3.61. The van der Waals surface area contributed by atoms with Crippen LogP contribution >= 0.6 is 23.7 Å². The van der Waals surface area contributed by atoms with Gasteiger partial charge in [0.2, 0.25) is 10.0 Å². The molecule has 0 unspecified atom stereocenters. The van der Waals surface area contributed by atoms with Crippen molar-refractivity contribution < 1.29 is 17.9 Å². The average molecular weight is 525 g/mol. The summed E-state index contributed by atoms with van der Waals surface area (Å²) in [7, 11) is 0.301. The van der Waals surface area contributed by atoms with Crippen LogP contribution in [0.25, 0.3) is 10.2 Å². The molecule has 0 radical (unpaired) electrons. The van der Waals surface area contributed by atoms with Gasteiger partial charge in [0, 0.05) is 31.7 Å². The zero-order valence-electron chi connectivity index (χ0n) is 19.4. The third-order valence-corrected chi connectivity index (χ3v) is 8.52. The lowest BCUT2D eigenvalue weighted by atomic mass is 10.2. The van der Waals surface area contributed by atoms with Gasteiger partial charge in [0.05, 0.1) is 28.3 Å². The molecule has 0 bridgehead atoms. The number of anilines is 1. The maximum atomic E-state index is 13.5. The summed E-state index contributed by atoms with van der Waals surface area (Å²) < 4.78 is 33.5. The Morgan fingerprint density at radius 2 is 1.76 bits per heavy atom. The van der Waals surface area contributed by atoms with Gasteiger partial charge in [0.25, 0.3) is 5.91 Å². The second-order valence-corrected chi connectivity index (χ2v) is 11.2. The number of thiazole rings is 1. The van der Waals surface area contributed by atoms with Crippen LogP contribution in [0.4, 0.5) is 5.13 Å². The van der Waals surface area contributed by atoms with Gasteiger partial charge in [-0.25, -0.2) is 13.4 Å². The molecule has 34 heavy (non-hydrogen) atoms. The van der Waals surface area contributed by atoms with Crippen LogP contribution in [0, 0.1) is 6.92 Å². The number of benzene rings is 2. The molecule has 11 heteroatoms. The topological polar surface area (TPSA) is 83.1 Å². The van der Waals surface area contributed by atoms with Gasteiger partial charge in [-0.1, -0.05) is 23.5 Å². The van der Waals surface area contributed by atoms with Crippen molar-refractivity contribution in [1.82, 2.24) is 14.2 Å². The van der Waals surface area contributed by atoms with E-state index < -0.39 is 10.0 Å². The van der Waals surface area contributed by atoms with Crippen molar-refractivity contribution in [1.29, 1.82) is 0 Å². The summed E-state index contributed by atoms with van der Waals surface area (Å²) in [6.07, 6.45) is 0. The molecule has 0 spiro atoms. The minimum Gasteiger partial charge on any atom is -0.379 e. The van der Waals surface area contributed by atoms with Crippen LogP contribution in [0.2, 0.25) is 0 Å². The Kier molecular flexibility index (Phi) is 8.66. The van der Waals surface area contributed by atoms with Crippen molar-refractivity contribution in [3.05, 3.63) is 53.6 Å². The number of hydrogen-bond acceptors (Lipinski definition) is 7. The van der Waals surface area contributed by atoms with Crippen molar-refractivity contribution in [2.24, 2.45) is 0 Å². The van der Waals surface area contributed by atoms with E-state index in [2.05, 4.69) is 0 Å². The molecule has 184 valence electrons. The zero-order chi connectivity index (χ0) is 23.6. The number of aromatic nitrogens is 1. The van der Waals surface area contributed by atoms with E-state index in [-0.39, 0.29) is 23.2 Å². The van der Waals surface area contributed by atoms with Gasteiger partial charge in [0.15, 0.2) is 5.13 Å². The average Bonchev–Trinajstić information content (AvgIpc) is 3.25. The molecule has 0 N–H and O–H groups in total. The molecule has 1 aliphatic heterocycles. The smallest absolute Gasteiger partial charge is 0.260 e. The Hall–Kier alpha value is -2.08. The van der Waals surface area contributed by atoms with E-state index in [1.54, 1.807) is 17.0 Å². The lowest BCUT2D eigenvalue weighted by Crippen LogP contribution is -2.40. The van der Waals surface area contributed by atoms with E-state index in [1.807, 2.05) is 44.1 Å². The first-order valence-electron chi connectivity index (χ1n) is 10.8. The number of ether oxygens (including phenoxy) is 1. The molecule has 8 nitrogen and oxygen atoms in total. The normalized spacial score (nSPS) is 14.8. The maximum Gasteiger partial charge on any atom is 0.260 e. The van der Waals surface area contributed by atoms with Crippen LogP contribution in [-0.2, 0) is 14.8 Å². The Morgan fingerprint density at radius 1 is 1.09 bits per heavy atom. The highest BCUT2D eigenvalue weighted by Crippen LogP contribution is 2.31. The Labute approximate surface area is 210 Å². The summed E-state index contributed by atoms with van der Waals surface area (Å²) in [6, 6.07) is 12.2. The molecule has 1 saturated heterocycles. The number of rotatable bonds is 7. The third-order valence-electron chi connectivity index (χ3n) is 5.57. The summed E-state index contributed by atoms with van der Waals surface area (Å²) >= 11 is 1.48. The molecule has 1 amide bonds. The number of amides is 1. The van der Waals surface area contributed by atoms with Crippen molar-refractivity contribution in [3.63, 3.8) is 0 Å². The number of hydrogen-bond donors (Lipinski definition) is 0. The predicted octanol–water partition coefficient (Wildman–Crippen LogP) is 3.26. The number of para-hydroxylation sites is 1. The van der Waals surface area contributed by atoms with E-state index in [4.69, 9.17) is 9.72 Å². The molecule has 1 aromatic heterocycles. The van der Waals surface area contributed by atoms with Crippen molar-refractivity contribution in [2.75, 3.05) is 58.4 Å². The fourth-order valence-corrected chi connectivity index (χ4v) is 6.11. The largest absolute Gasteiger partial charge is 0.379 e. The fraction of sp³-hybridized carbons (Fsp3) is 0.391.